The van der Waals surface area contributed by atoms with Crippen molar-refractivity contribution in [3.63, 3.8) is 0 Å². The molecular formula is C43H44Cl2N6O8. The van der Waals surface area contributed by atoms with Crippen LogP contribution in [0.2, 0.25) is 10.0 Å². The third kappa shape index (κ3) is 8.15. The van der Waals surface area contributed by atoms with Gasteiger partial charge in [0.1, 0.15) is 34.3 Å². The molecule has 16 heteroatoms. The molecule has 2 aliphatic rings. The Kier molecular flexibility index (Phi) is 12.4. The summed E-state index contributed by atoms with van der Waals surface area (Å²) in [4.78, 5) is 70.2. The number of anilines is 4. The molecule has 5 aromatic rings. The Bertz CT molecular complexity index is 2280. The van der Waals surface area contributed by atoms with Gasteiger partial charge in [-0.3, -0.25) is 9.59 Å². The first-order valence-corrected chi connectivity index (χ1v) is 20.2. The van der Waals surface area contributed by atoms with Crippen LogP contribution in [0, 0.1) is 0 Å². The molecule has 0 bridgehead atoms. The SMILES string of the molecule is CCOC(=O)c1c(N2CCN(c3ccccc3)CC2)[nH]c(=O)c(C(c2c(Cl)cccc2Cl)c2c(O)c(C(=O)OCC)c(N3CCN(c4ccccc4)CC3)[nH]c2=O)c1O. The lowest BCUT2D eigenvalue weighted by Gasteiger charge is -2.38. The van der Waals surface area contributed by atoms with E-state index in [1.54, 1.807) is 29.7 Å². The number of carbonyl (C=O) groups excluding carboxylic acids is 2. The Morgan fingerprint density at radius 1 is 0.576 bits per heavy atom. The smallest absolute Gasteiger partial charge is 0.345 e. The van der Waals surface area contributed by atoms with Crippen molar-refractivity contribution in [1.29, 1.82) is 0 Å². The Balaban J connectivity index is 1.38. The zero-order chi connectivity index (χ0) is 41.8. The number of aromatic hydroxyl groups is 2. The molecule has 7 rings (SSSR count). The molecule has 59 heavy (non-hydrogen) atoms. The Labute approximate surface area is 350 Å². The van der Waals surface area contributed by atoms with Gasteiger partial charge in [-0.1, -0.05) is 65.7 Å². The normalized spacial score (nSPS) is 14.5. The largest absolute Gasteiger partial charge is 0.506 e. The molecular weight excluding hydrogens is 799 g/mol. The van der Waals surface area contributed by atoms with Gasteiger partial charge in [-0.2, -0.15) is 0 Å². The third-order valence-corrected chi connectivity index (χ3v) is 11.3. The quantitative estimate of drug-likeness (QED) is 0.115. The van der Waals surface area contributed by atoms with E-state index < -0.39 is 51.6 Å². The molecule has 308 valence electrons. The molecule has 0 spiro atoms. The van der Waals surface area contributed by atoms with Gasteiger partial charge in [0.15, 0.2) is 0 Å². The second kappa shape index (κ2) is 17.8. The highest BCUT2D eigenvalue weighted by Crippen LogP contribution is 2.46. The predicted molar refractivity (Wildman–Crippen MR) is 229 cm³/mol. The number of H-pyrrole nitrogens is 2. The molecule has 2 saturated heterocycles. The van der Waals surface area contributed by atoms with E-state index in [4.69, 9.17) is 32.7 Å². The lowest BCUT2D eigenvalue weighted by Crippen LogP contribution is -2.48. The Morgan fingerprint density at radius 2 is 0.932 bits per heavy atom. The van der Waals surface area contributed by atoms with Crippen LogP contribution >= 0.6 is 23.2 Å². The molecule has 0 radical (unpaired) electrons. The number of carbonyl (C=O) groups is 2. The van der Waals surface area contributed by atoms with Crippen LogP contribution in [0.25, 0.3) is 0 Å². The van der Waals surface area contributed by atoms with Crippen molar-refractivity contribution < 1.29 is 29.3 Å². The number of benzene rings is 3. The first kappa shape index (κ1) is 41.1. The van der Waals surface area contributed by atoms with Crippen molar-refractivity contribution in [3.05, 3.63) is 137 Å². The van der Waals surface area contributed by atoms with E-state index in [1.807, 2.05) is 60.7 Å². The average Bonchev–Trinajstić information content (AvgIpc) is 3.24. The molecule has 0 aliphatic carbocycles. The maximum Gasteiger partial charge on any atom is 0.345 e. The highest BCUT2D eigenvalue weighted by Gasteiger charge is 2.39. The highest BCUT2D eigenvalue weighted by atomic mass is 35.5. The first-order chi connectivity index (χ1) is 28.5. The molecule has 4 heterocycles. The van der Waals surface area contributed by atoms with Gasteiger partial charge >= 0.3 is 11.9 Å². The van der Waals surface area contributed by atoms with Crippen molar-refractivity contribution >= 4 is 58.2 Å². The van der Waals surface area contributed by atoms with Crippen LogP contribution in [-0.4, -0.2) is 97.7 Å². The van der Waals surface area contributed by atoms with Crippen molar-refractivity contribution in [1.82, 2.24) is 9.97 Å². The predicted octanol–water partition coefficient (Wildman–Crippen LogP) is 5.97. The molecule has 14 nitrogen and oxygen atoms in total. The summed E-state index contributed by atoms with van der Waals surface area (Å²) in [6.45, 7) is 6.65. The zero-order valence-electron chi connectivity index (χ0n) is 32.5. The number of nitrogens with one attached hydrogen (secondary N) is 2. The molecule has 0 saturated carbocycles. The Morgan fingerprint density at radius 3 is 1.29 bits per heavy atom. The second-order valence-electron chi connectivity index (χ2n) is 14.0. The fourth-order valence-corrected chi connectivity index (χ4v) is 8.48. The lowest BCUT2D eigenvalue weighted by atomic mass is 9.83. The van der Waals surface area contributed by atoms with Crippen molar-refractivity contribution in [2.75, 3.05) is 85.2 Å². The summed E-state index contributed by atoms with van der Waals surface area (Å²) in [6.07, 6.45) is 0. The number of pyridine rings is 2. The number of nitrogens with zero attached hydrogens (tertiary/aromatic N) is 4. The average molecular weight is 844 g/mol. The number of aromatic amines is 2. The number of ether oxygens (including phenoxy) is 2. The summed E-state index contributed by atoms with van der Waals surface area (Å²) in [5.41, 5.74) is -1.63. The molecule has 0 unspecified atom stereocenters. The van der Waals surface area contributed by atoms with E-state index in [9.17, 15) is 29.4 Å². The molecule has 0 atom stereocenters. The molecule has 4 N–H and O–H groups in total. The van der Waals surface area contributed by atoms with Crippen molar-refractivity contribution in [2.45, 2.75) is 19.8 Å². The van der Waals surface area contributed by atoms with Crippen LogP contribution in [0.4, 0.5) is 23.0 Å². The van der Waals surface area contributed by atoms with Gasteiger partial charge in [0.25, 0.3) is 11.1 Å². The van der Waals surface area contributed by atoms with Crippen molar-refractivity contribution in [2.24, 2.45) is 0 Å². The van der Waals surface area contributed by atoms with E-state index in [-0.39, 0.29) is 51.6 Å². The summed E-state index contributed by atoms with van der Waals surface area (Å²) < 4.78 is 10.8. The van der Waals surface area contributed by atoms with Gasteiger partial charge in [0.2, 0.25) is 0 Å². The number of aromatic nitrogens is 2. The van der Waals surface area contributed by atoms with Crippen LogP contribution in [-0.2, 0) is 9.47 Å². The summed E-state index contributed by atoms with van der Waals surface area (Å²) in [7, 11) is 0. The van der Waals surface area contributed by atoms with Crippen LogP contribution in [0.5, 0.6) is 11.5 Å². The van der Waals surface area contributed by atoms with Gasteiger partial charge in [0, 0.05) is 79.3 Å². The summed E-state index contributed by atoms with van der Waals surface area (Å²) >= 11 is 13.6. The zero-order valence-corrected chi connectivity index (χ0v) is 34.1. The van der Waals surface area contributed by atoms with Crippen LogP contribution in [0.3, 0.4) is 0 Å². The van der Waals surface area contributed by atoms with Crippen molar-refractivity contribution in [3.8, 4) is 11.5 Å². The van der Waals surface area contributed by atoms with Crippen LogP contribution in [0.1, 0.15) is 57.2 Å². The number of para-hydroxylation sites is 2. The Hall–Kier alpha value is -6.12. The number of halogens is 2. The minimum absolute atomic E-state index is 0.0155. The van der Waals surface area contributed by atoms with Gasteiger partial charge in [-0.25, -0.2) is 9.59 Å². The first-order valence-electron chi connectivity index (χ1n) is 19.4. The molecule has 3 aromatic carbocycles. The summed E-state index contributed by atoms with van der Waals surface area (Å²) in [6, 6.07) is 24.1. The number of hydrogen-bond donors (Lipinski definition) is 4. The maximum atomic E-state index is 14.5. The minimum atomic E-state index is -1.72. The highest BCUT2D eigenvalue weighted by molar-refractivity contribution is 6.36. The summed E-state index contributed by atoms with van der Waals surface area (Å²) in [5, 5.41) is 24.5. The van der Waals surface area contributed by atoms with Crippen LogP contribution in [0.15, 0.2) is 88.5 Å². The fourth-order valence-electron chi connectivity index (χ4n) is 7.86. The number of esters is 2. The van der Waals surface area contributed by atoms with E-state index >= 15 is 0 Å². The second-order valence-corrected chi connectivity index (χ2v) is 14.8. The van der Waals surface area contributed by atoms with Gasteiger partial charge < -0.3 is 49.3 Å². The molecule has 0 amide bonds. The number of rotatable bonds is 11. The topological polar surface area (TPSA) is 172 Å². The maximum absolute atomic E-state index is 14.5. The van der Waals surface area contributed by atoms with Gasteiger partial charge in [0.05, 0.1) is 30.3 Å². The van der Waals surface area contributed by atoms with Gasteiger partial charge in [-0.05, 0) is 50.2 Å². The standard InChI is InChI=1S/C43H44Cl2N6O8/c1-3-58-42(56)34-36(52)32(40(54)46-38(34)50-22-18-48(19-23-50)26-12-7-5-8-13-26)31(30-28(44)16-11-17-29(30)45)33-37(53)35(43(57)59-4-2)39(47-41(33)55)51-24-20-49(21-25-51)27-14-9-6-10-15-27/h5-17,31H,3-4,18-25H2,1-2H3,(H2,46,52,54)(H2,47,53,55). The van der Waals surface area contributed by atoms with E-state index in [0.29, 0.717) is 52.4 Å². The summed E-state index contributed by atoms with van der Waals surface area (Å²) in [5.74, 6) is -5.20. The van der Waals surface area contributed by atoms with Gasteiger partial charge in [-0.15, -0.1) is 0 Å². The number of hydrogen-bond acceptors (Lipinski definition) is 12. The molecule has 2 fully saturated rings. The van der Waals surface area contributed by atoms with E-state index in [2.05, 4.69) is 19.8 Å². The van der Waals surface area contributed by atoms with Crippen LogP contribution < -0.4 is 30.7 Å². The molecule has 2 aliphatic heterocycles. The minimum Gasteiger partial charge on any atom is -0.506 e. The third-order valence-electron chi connectivity index (χ3n) is 10.7. The monoisotopic (exact) mass is 842 g/mol. The van der Waals surface area contributed by atoms with E-state index in [0.717, 1.165) is 11.4 Å². The fraction of sp³-hybridized carbons (Fsp3) is 0.302. The molecule has 2 aromatic heterocycles. The lowest BCUT2D eigenvalue weighted by molar-refractivity contribution is 0.0513. The van der Waals surface area contributed by atoms with E-state index in [1.165, 1.54) is 12.1 Å². The number of piperazine rings is 2.